The summed E-state index contributed by atoms with van der Waals surface area (Å²) in [4.78, 5) is 15.2. The Kier molecular flexibility index (Phi) is 9.82. The zero-order chi connectivity index (χ0) is 23.0. The van der Waals surface area contributed by atoms with E-state index in [1.807, 2.05) is 32.9 Å². The van der Waals surface area contributed by atoms with Crippen molar-refractivity contribution in [1.29, 1.82) is 0 Å². The zero-order valence-electron chi connectivity index (χ0n) is 19.9. The van der Waals surface area contributed by atoms with E-state index in [1.54, 1.807) is 6.07 Å². The summed E-state index contributed by atoms with van der Waals surface area (Å²) < 4.78 is 29.4. The fourth-order valence-electron chi connectivity index (χ4n) is 4.13. The van der Waals surface area contributed by atoms with E-state index in [9.17, 15) is 13.2 Å². The molecule has 0 aromatic heterocycles. The van der Waals surface area contributed by atoms with Crippen LogP contribution in [-0.4, -0.2) is 33.0 Å². The van der Waals surface area contributed by atoms with Gasteiger partial charge in [-0.25, -0.2) is 13.1 Å². The van der Waals surface area contributed by atoms with Crippen LogP contribution >= 0.6 is 0 Å². The largest absolute Gasteiger partial charge is 0.368 e. The van der Waals surface area contributed by atoms with Crippen molar-refractivity contribution in [1.82, 2.24) is 4.72 Å². The first kappa shape index (κ1) is 25.7. The van der Waals surface area contributed by atoms with Crippen LogP contribution < -0.4 is 14.9 Å². The van der Waals surface area contributed by atoms with Gasteiger partial charge < -0.3 is 10.2 Å². The summed E-state index contributed by atoms with van der Waals surface area (Å²) in [6.07, 6.45) is 7.66. The molecule has 1 amide bonds. The second-order valence-corrected chi connectivity index (χ2v) is 10.6. The molecular weight excluding hydrogens is 410 g/mol. The van der Waals surface area contributed by atoms with E-state index >= 15 is 0 Å². The smallest absolute Gasteiger partial charge is 0.242 e. The minimum Gasteiger partial charge on any atom is -0.368 e. The van der Waals surface area contributed by atoms with Crippen LogP contribution in [0.4, 0.5) is 11.4 Å². The number of sulfonamides is 1. The van der Waals surface area contributed by atoms with Crippen molar-refractivity contribution in [3.63, 3.8) is 0 Å². The third-order valence-corrected chi connectivity index (χ3v) is 7.99. The quantitative estimate of drug-likeness (QED) is 0.479. The van der Waals surface area contributed by atoms with Gasteiger partial charge in [0.05, 0.1) is 5.69 Å². The zero-order valence-corrected chi connectivity index (χ0v) is 20.7. The average Bonchev–Trinajstić information content (AvgIpc) is 2.74. The summed E-state index contributed by atoms with van der Waals surface area (Å²) >= 11 is 0. The first-order valence-electron chi connectivity index (χ1n) is 12.0. The Morgan fingerprint density at radius 2 is 1.94 bits per heavy atom. The van der Waals surface area contributed by atoms with Gasteiger partial charge in [0.15, 0.2) is 0 Å². The Morgan fingerprint density at radius 1 is 1.19 bits per heavy atom. The summed E-state index contributed by atoms with van der Waals surface area (Å²) in [6.45, 7) is 10.9. The maximum absolute atomic E-state index is 13.3. The number of amides is 1. The second kappa shape index (κ2) is 11.9. The highest BCUT2D eigenvalue weighted by molar-refractivity contribution is 7.89. The van der Waals surface area contributed by atoms with Crippen molar-refractivity contribution in [2.45, 2.75) is 103 Å². The summed E-state index contributed by atoms with van der Waals surface area (Å²) in [7, 11) is -3.72. The molecule has 1 aliphatic rings. The average molecular weight is 452 g/mol. The Bertz CT molecular complexity index is 825. The lowest BCUT2D eigenvalue weighted by atomic mass is 9.98. The molecule has 1 fully saturated rings. The molecule has 3 atom stereocenters. The lowest BCUT2D eigenvalue weighted by Gasteiger charge is -2.36. The van der Waals surface area contributed by atoms with E-state index in [0.717, 1.165) is 57.2 Å². The maximum Gasteiger partial charge on any atom is 0.242 e. The van der Waals surface area contributed by atoms with Crippen LogP contribution in [0.5, 0.6) is 0 Å². The molecule has 1 aromatic rings. The normalized spacial score (nSPS) is 19.1. The molecule has 7 heteroatoms. The van der Waals surface area contributed by atoms with Crippen LogP contribution in [0.15, 0.2) is 23.1 Å². The minimum atomic E-state index is -3.72. The Labute approximate surface area is 189 Å². The molecule has 0 radical (unpaired) electrons. The van der Waals surface area contributed by atoms with E-state index in [2.05, 4.69) is 28.8 Å². The van der Waals surface area contributed by atoms with Gasteiger partial charge >= 0.3 is 0 Å². The fourth-order valence-corrected chi connectivity index (χ4v) is 5.69. The molecule has 0 spiro atoms. The molecule has 1 saturated heterocycles. The Hall–Kier alpha value is -1.60. The fraction of sp³-hybridized carbons (Fsp3) is 0.708. The van der Waals surface area contributed by atoms with Gasteiger partial charge in [0.1, 0.15) is 4.90 Å². The van der Waals surface area contributed by atoms with Crippen molar-refractivity contribution in [3.8, 4) is 0 Å². The van der Waals surface area contributed by atoms with Crippen LogP contribution in [0.2, 0.25) is 0 Å². The van der Waals surface area contributed by atoms with Crippen molar-refractivity contribution in [2.24, 2.45) is 5.92 Å². The van der Waals surface area contributed by atoms with Crippen molar-refractivity contribution in [2.75, 3.05) is 16.8 Å². The monoisotopic (exact) mass is 451 g/mol. The third kappa shape index (κ3) is 6.94. The summed E-state index contributed by atoms with van der Waals surface area (Å²) in [5.41, 5.74) is 1.26. The number of carbonyl (C=O) groups is 1. The first-order valence-corrected chi connectivity index (χ1v) is 13.5. The molecule has 6 nitrogen and oxygen atoms in total. The number of hydrogen-bond acceptors (Lipinski definition) is 4. The van der Waals surface area contributed by atoms with E-state index in [4.69, 9.17) is 0 Å². The lowest BCUT2D eigenvalue weighted by molar-refractivity contribution is -0.120. The van der Waals surface area contributed by atoms with Gasteiger partial charge in [-0.05, 0) is 70.6 Å². The van der Waals surface area contributed by atoms with Gasteiger partial charge in [-0.3, -0.25) is 4.79 Å². The first-order chi connectivity index (χ1) is 14.7. The molecule has 0 unspecified atom stereocenters. The maximum atomic E-state index is 13.3. The minimum absolute atomic E-state index is 0.0340. The van der Waals surface area contributed by atoms with Gasteiger partial charge in [-0.15, -0.1) is 0 Å². The summed E-state index contributed by atoms with van der Waals surface area (Å²) in [6, 6.07) is 5.45. The molecular formula is C24H41N3O3S. The second-order valence-electron chi connectivity index (χ2n) is 8.89. The van der Waals surface area contributed by atoms with Gasteiger partial charge in [0.2, 0.25) is 15.9 Å². The third-order valence-electron chi connectivity index (χ3n) is 6.37. The predicted molar refractivity (Wildman–Crippen MR) is 129 cm³/mol. The topological polar surface area (TPSA) is 78.5 Å². The molecule has 2 N–H and O–H groups in total. The standard InChI is InChI=1S/C24H41N3O3S/c1-6-9-13-20(8-3)24(28)25-21-14-15-22(27-16-11-10-12-19(27)5)23(17-21)31(29,30)26-18(4)7-2/h14-15,17-20,26H,6-13,16H2,1-5H3,(H,25,28)/t18-,19+,20-/m0/s1. The number of carbonyl (C=O) groups excluding carboxylic acids is 1. The van der Waals surface area contributed by atoms with Gasteiger partial charge in [0.25, 0.3) is 0 Å². The Balaban J connectivity index is 2.39. The Morgan fingerprint density at radius 3 is 2.55 bits per heavy atom. The van der Waals surface area contributed by atoms with E-state index in [0.29, 0.717) is 12.1 Å². The molecule has 1 aromatic carbocycles. The molecule has 176 valence electrons. The van der Waals surface area contributed by atoms with E-state index in [1.165, 1.54) is 0 Å². The van der Waals surface area contributed by atoms with E-state index in [-0.39, 0.29) is 28.8 Å². The van der Waals surface area contributed by atoms with Crippen LogP contribution in [0.25, 0.3) is 0 Å². The number of hydrogen-bond donors (Lipinski definition) is 2. The number of rotatable bonds is 11. The highest BCUT2D eigenvalue weighted by Crippen LogP contribution is 2.33. The van der Waals surface area contributed by atoms with Gasteiger partial charge in [0, 0.05) is 30.2 Å². The molecule has 31 heavy (non-hydrogen) atoms. The van der Waals surface area contributed by atoms with Gasteiger partial charge in [-0.1, -0.05) is 33.6 Å². The van der Waals surface area contributed by atoms with E-state index < -0.39 is 10.0 Å². The van der Waals surface area contributed by atoms with Crippen LogP contribution in [-0.2, 0) is 14.8 Å². The van der Waals surface area contributed by atoms with Crippen LogP contribution in [0.1, 0.15) is 86.0 Å². The number of unbranched alkanes of at least 4 members (excludes halogenated alkanes) is 1. The van der Waals surface area contributed by atoms with Crippen molar-refractivity contribution < 1.29 is 13.2 Å². The molecule has 1 aliphatic heterocycles. The molecule has 0 bridgehead atoms. The van der Waals surface area contributed by atoms with Gasteiger partial charge in [-0.2, -0.15) is 0 Å². The predicted octanol–water partition coefficient (Wildman–Crippen LogP) is 5.30. The van der Waals surface area contributed by atoms with Crippen molar-refractivity contribution >= 4 is 27.3 Å². The molecule has 1 heterocycles. The highest BCUT2D eigenvalue weighted by atomic mass is 32.2. The number of benzene rings is 1. The number of nitrogens with zero attached hydrogens (tertiary/aromatic N) is 1. The SMILES string of the molecule is CCCC[C@H](CC)C(=O)Nc1ccc(N2CCCC[C@H]2C)c(S(=O)(=O)N[C@@H](C)CC)c1. The van der Waals surface area contributed by atoms with Crippen LogP contribution in [0, 0.1) is 5.92 Å². The van der Waals surface area contributed by atoms with Crippen molar-refractivity contribution in [3.05, 3.63) is 18.2 Å². The van der Waals surface area contributed by atoms with Crippen LogP contribution in [0.3, 0.4) is 0 Å². The number of anilines is 2. The number of nitrogens with one attached hydrogen (secondary N) is 2. The molecule has 2 rings (SSSR count). The molecule has 0 aliphatic carbocycles. The summed E-state index contributed by atoms with van der Waals surface area (Å²) in [5, 5.41) is 2.97. The number of piperidine rings is 1. The summed E-state index contributed by atoms with van der Waals surface area (Å²) in [5.74, 6) is -0.0895. The molecule has 0 saturated carbocycles. The lowest BCUT2D eigenvalue weighted by Crippen LogP contribution is -2.39. The highest BCUT2D eigenvalue weighted by Gasteiger charge is 2.28.